The summed E-state index contributed by atoms with van der Waals surface area (Å²) >= 11 is 0. The number of hydrogen-bond acceptors (Lipinski definition) is 1. The minimum absolute atomic E-state index is 0.177. The van der Waals surface area contributed by atoms with Gasteiger partial charge in [0, 0.05) is 29.3 Å². The fourth-order valence-electron chi connectivity index (χ4n) is 2.46. The number of nitrogens with one attached hydrogen (secondary N) is 3. The zero-order valence-corrected chi connectivity index (χ0v) is 12.5. The summed E-state index contributed by atoms with van der Waals surface area (Å²) in [6.45, 7) is 2.62. The Morgan fingerprint density at radius 2 is 1.86 bits per heavy atom. The first-order valence-corrected chi connectivity index (χ1v) is 7.39. The van der Waals surface area contributed by atoms with Gasteiger partial charge in [0.2, 0.25) is 0 Å². The quantitative estimate of drug-likeness (QED) is 0.672. The van der Waals surface area contributed by atoms with Gasteiger partial charge in [-0.15, -0.1) is 0 Å². The number of benzene rings is 2. The van der Waals surface area contributed by atoms with E-state index in [0.29, 0.717) is 6.54 Å². The Balaban J connectivity index is 1.52. The van der Waals surface area contributed by atoms with Crippen molar-refractivity contribution in [1.29, 1.82) is 0 Å². The zero-order valence-electron chi connectivity index (χ0n) is 12.5. The van der Waals surface area contributed by atoms with Gasteiger partial charge in [0.1, 0.15) is 0 Å². The predicted octanol–water partition coefficient (Wildman–Crippen LogP) is 3.84. The molecule has 0 aliphatic heterocycles. The molecule has 0 radical (unpaired) electrons. The van der Waals surface area contributed by atoms with Crippen LogP contribution in [-0.4, -0.2) is 17.6 Å². The number of carbonyl (C=O) groups excluding carboxylic acids is 1. The van der Waals surface area contributed by atoms with Crippen LogP contribution < -0.4 is 10.6 Å². The lowest BCUT2D eigenvalue weighted by Crippen LogP contribution is -2.30. The molecule has 0 bridgehead atoms. The molecule has 0 saturated carbocycles. The van der Waals surface area contributed by atoms with Gasteiger partial charge in [-0.05, 0) is 37.1 Å². The minimum atomic E-state index is -0.177. The van der Waals surface area contributed by atoms with Gasteiger partial charge in [-0.2, -0.15) is 0 Å². The highest BCUT2D eigenvalue weighted by Crippen LogP contribution is 2.17. The lowest BCUT2D eigenvalue weighted by molar-refractivity contribution is 0.252. The standard InChI is InChI=1S/C18H19N3O/c1-13-6-8-15(9-7-13)21-18(22)19-11-10-14-12-20-17-5-3-2-4-16(14)17/h2-9,12,20H,10-11H2,1H3,(H2,19,21,22). The van der Waals surface area contributed by atoms with Crippen molar-refractivity contribution in [3.8, 4) is 0 Å². The van der Waals surface area contributed by atoms with E-state index in [-0.39, 0.29) is 6.03 Å². The average Bonchev–Trinajstić information content (AvgIpc) is 2.93. The van der Waals surface area contributed by atoms with E-state index in [1.165, 1.54) is 16.5 Å². The molecule has 0 atom stereocenters. The van der Waals surface area contributed by atoms with Gasteiger partial charge in [0.15, 0.2) is 0 Å². The van der Waals surface area contributed by atoms with E-state index in [1.54, 1.807) is 0 Å². The molecule has 4 nitrogen and oxygen atoms in total. The maximum Gasteiger partial charge on any atom is 0.319 e. The second-order valence-electron chi connectivity index (χ2n) is 5.36. The summed E-state index contributed by atoms with van der Waals surface area (Å²) < 4.78 is 0. The van der Waals surface area contributed by atoms with Crippen molar-refractivity contribution in [2.24, 2.45) is 0 Å². The molecular weight excluding hydrogens is 274 g/mol. The van der Waals surface area contributed by atoms with Crippen LogP contribution in [0.15, 0.2) is 54.7 Å². The number of carbonyl (C=O) groups is 1. The molecule has 2 aromatic carbocycles. The summed E-state index contributed by atoms with van der Waals surface area (Å²) in [7, 11) is 0. The number of urea groups is 1. The van der Waals surface area contributed by atoms with Gasteiger partial charge in [-0.3, -0.25) is 0 Å². The second kappa shape index (κ2) is 6.35. The van der Waals surface area contributed by atoms with E-state index in [0.717, 1.165) is 17.6 Å². The highest BCUT2D eigenvalue weighted by Gasteiger charge is 2.04. The molecule has 0 aliphatic carbocycles. The highest BCUT2D eigenvalue weighted by atomic mass is 16.2. The molecule has 112 valence electrons. The molecule has 0 saturated heterocycles. The number of amides is 2. The number of aryl methyl sites for hydroxylation is 1. The fraction of sp³-hybridized carbons (Fsp3) is 0.167. The Bertz CT molecular complexity index is 774. The maximum absolute atomic E-state index is 11.9. The molecule has 0 unspecified atom stereocenters. The zero-order chi connectivity index (χ0) is 15.4. The number of hydrogen-bond donors (Lipinski definition) is 3. The van der Waals surface area contributed by atoms with E-state index >= 15 is 0 Å². The molecule has 0 aliphatic rings. The summed E-state index contributed by atoms with van der Waals surface area (Å²) in [5.41, 5.74) is 4.31. The molecule has 4 heteroatoms. The number of para-hydroxylation sites is 1. The Morgan fingerprint density at radius 1 is 1.09 bits per heavy atom. The van der Waals surface area contributed by atoms with Crippen LogP contribution in [0.25, 0.3) is 10.9 Å². The number of rotatable bonds is 4. The SMILES string of the molecule is Cc1ccc(NC(=O)NCCc2c[nH]c3ccccc23)cc1. The summed E-state index contributed by atoms with van der Waals surface area (Å²) in [5.74, 6) is 0. The molecule has 0 fully saturated rings. The van der Waals surface area contributed by atoms with Crippen LogP contribution >= 0.6 is 0 Å². The lowest BCUT2D eigenvalue weighted by atomic mass is 10.1. The first-order chi connectivity index (χ1) is 10.7. The molecule has 1 heterocycles. The normalized spacial score (nSPS) is 10.6. The number of fused-ring (bicyclic) bond motifs is 1. The molecular formula is C18H19N3O. The monoisotopic (exact) mass is 293 g/mol. The van der Waals surface area contributed by atoms with Crippen molar-refractivity contribution in [2.75, 3.05) is 11.9 Å². The van der Waals surface area contributed by atoms with Crippen LogP contribution in [-0.2, 0) is 6.42 Å². The van der Waals surface area contributed by atoms with Gasteiger partial charge < -0.3 is 15.6 Å². The van der Waals surface area contributed by atoms with Gasteiger partial charge >= 0.3 is 6.03 Å². The van der Waals surface area contributed by atoms with Crippen molar-refractivity contribution in [3.63, 3.8) is 0 Å². The largest absolute Gasteiger partial charge is 0.361 e. The molecule has 3 aromatic rings. The third-order valence-electron chi connectivity index (χ3n) is 3.66. The number of aromatic amines is 1. The molecule has 3 rings (SSSR count). The number of anilines is 1. The van der Waals surface area contributed by atoms with Gasteiger partial charge in [-0.1, -0.05) is 35.9 Å². The molecule has 2 amide bonds. The van der Waals surface area contributed by atoms with Crippen molar-refractivity contribution in [3.05, 3.63) is 65.9 Å². The van der Waals surface area contributed by atoms with E-state index in [4.69, 9.17) is 0 Å². The van der Waals surface area contributed by atoms with E-state index in [1.807, 2.05) is 49.5 Å². The predicted molar refractivity (Wildman–Crippen MR) is 90.2 cm³/mol. The fourth-order valence-corrected chi connectivity index (χ4v) is 2.46. The smallest absolute Gasteiger partial charge is 0.319 e. The first kappa shape index (κ1) is 14.2. The Labute approximate surface area is 129 Å². The van der Waals surface area contributed by atoms with E-state index in [2.05, 4.69) is 27.8 Å². The van der Waals surface area contributed by atoms with E-state index in [9.17, 15) is 4.79 Å². The van der Waals surface area contributed by atoms with Crippen LogP contribution in [0.5, 0.6) is 0 Å². The van der Waals surface area contributed by atoms with Gasteiger partial charge in [-0.25, -0.2) is 4.79 Å². The summed E-state index contributed by atoms with van der Waals surface area (Å²) in [5, 5.41) is 6.92. The molecule has 1 aromatic heterocycles. The van der Waals surface area contributed by atoms with Crippen LogP contribution in [0, 0.1) is 6.92 Å². The maximum atomic E-state index is 11.9. The third kappa shape index (κ3) is 3.28. The van der Waals surface area contributed by atoms with Crippen LogP contribution in [0.4, 0.5) is 10.5 Å². The Morgan fingerprint density at radius 3 is 2.68 bits per heavy atom. The summed E-state index contributed by atoms with van der Waals surface area (Å²) in [6.07, 6.45) is 2.80. The van der Waals surface area contributed by atoms with Crippen LogP contribution in [0.3, 0.4) is 0 Å². The minimum Gasteiger partial charge on any atom is -0.361 e. The topological polar surface area (TPSA) is 56.9 Å². The highest BCUT2D eigenvalue weighted by molar-refractivity contribution is 5.89. The van der Waals surface area contributed by atoms with E-state index < -0.39 is 0 Å². The van der Waals surface area contributed by atoms with Gasteiger partial charge in [0.05, 0.1) is 0 Å². The first-order valence-electron chi connectivity index (χ1n) is 7.39. The van der Waals surface area contributed by atoms with Crippen molar-refractivity contribution < 1.29 is 4.79 Å². The van der Waals surface area contributed by atoms with Gasteiger partial charge in [0.25, 0.3) is 0 Å². The van der Waals surface area contributed by atoms with Crippen molar-refractivity contribution in [1.82, 2.24) is 10.3 Å². The van der Waals surface area contributed by atoms with Crippen LogP contribution in [0.2, 0.25) is 0 Å². The molecule has 3 N–H and O–H groups in total. The van der Waals surface area contributed by atoms with Crippen LogP contribution in [0.1, 0.15) is 11.1 Å². The van der Waals surface area contributed by atoms with Crippen molar-refractivity contribution in [2.45, 2.75) is 13.3 Å². The number of H-pyrrole nitrogens is 1. The van der Waals surface area contributed by atoms with Crippen molar-refractivity contribution >= 4 is 22.6 Å². The second-order valence-corrected chi connectivity index (χ2v) is 5.36. The molecule has 22 heavy (non-hydrogen) atoms. The lowest BCUT2D eigenvalue weighted by Gasteiger charge is -2.07. The third-order valence-corrected chi connectivity index (χ3v) is 3.66. The number of aromatic nitrogens is 1. The Kier molecular flexibility index (Phi) is 4.10. The summed E-state index contributed by atoms with van der Waals surface area (Å²) in [4.78, 5) is 15.1. The average molecular weight is 293 g/mol. The summed E-state index contributed by atoms with van der Waals surface area (Å²) in [6, 6.07) is 15.7. The molecule has 0 spiro atoms. The Hall–Kier alpha value is -2.75.